The van der Waals surface area contributed by atoms with Crippen LogP contribution < -0.4 is 21.3 Å². The van der Waals surface area contributed by atoms with Gasteiger partial charge < -0.3 is 26.2 Å². The van der Waals surface area contributed by atoms with Gasteiger partial charge in [-0.3, -0.25) is 4.79 Å². The van der Waals surface area contributed by atoms with Gasteiger partial charge in [-0.2, -0.15) is 0 Å². The highest BCUT2D eigenvalue weighted by Crippen LogP contribution is 2.27. The van der Waals surface area contributed by atoms with Crippen molar-refractivity contribution in [1.29, 1.82) is 0 Å². The fourth-order valence-electron chi connectivity index (χ4n) is 3.32. The number of hydrogen-bond acceptors (Lipinski definition) is 6. The normalized spacial score (nSPS) is 12.8. The minimum atomic E-state index is -0.297. The minimum absolute atomic E-state index is 0.169. The van der Waals surface area contributed by atoms with Crippen LogP contribution >= 0.6 is 11.3 Å². The topological polar surface area (TPSA) is 104 Å². The molecule has 0 atom stereocenters. The first-order valence-corrected chi connectivity index (χ1v) is 10.7. The van der Waals surface area contributed by atoms with Gasteiger partial charge in [0, 0.05) is 43.3 Å². The number of para-hydroxylation sites is 2. The van der Waals surface area contributed by atoms with Crippen molar-refractivity contribution in [3.63, 3.8) is 0 Å². The molecule has 0 bridgehead atoms. The van der Waals surface area contributed by atoms with E-state index in [9.17, 15) is 9.59 Å². The first-order chi connectivity index (χ1) is 14.9. The van der Waals surface area contributed by atoms with Gasteiger partial charge in [0.15, 0.2) is 5.01 Å². The molecular formula is C22H24N6O2S. The first-order valence-electron chi connectivity index (χ1n) is 9.88. The van der Waals surface area contributed by atoms with Crippen LogP contribution in [0.1, 0.15) is 20.4 Å². The smallest absolute Gasteiger partial charge is 0.322 e. The van der Waals surface area contributed by atoms with Crippen molar-refractivity contribution in [2.24, 2.45) is 0 Å². The van der Waals surface area contributed by atoms with E-state index in [1.54, 1.807) is 17.0 Å². The van der Waals surface area contributed by atoms with E-state index in [2.05, 4.69) is 15.6 Å². The van der Waals surface area contributed by atoms with Crippen molar-refractivity contribution in [3.8, 4) is 0 Å². The molecule has 0 saturated heterocycles. The third-order valence-corrected chi connectivity index (χ3v) is 6.12. The molecule has 8 nitrogen and oxygen atoms in total. The van der Waals surface area contributed by atoms with Crippen LogP contribution in [0.3, 0.4) is 0 Å². The maximum Gasteiger partial charge on any atom is 0.322 e. The highest BCUT2D eigenvalue weighted by Gasteiger charge is 2.26. The van der Waals surface area contributed by atoms with E-state index in [4.69, 9.17) is 5.73 Å². The van der Waals surface area contributed by atoms with Crippen molar-refractivity contribution in [1.82, 2.24) is 9.88 Å². The SMILES string of the molecule is CN(C)c1cccc(NC(=O)N2CCc3nc(C(=O)Nc4ccccc4N)sc3C2)c1. The minimum Gasteiger partial charge on any atom is -0.397 e. The highest BCUT2D eigenvalue weighted by atomic mass is 32.1. The molecule has 1 aliphatic heterocycles. The van der Waals surface area contributed by atoms with Gasteiger partial charge in [-0.25, -0.2) is 9.78 Å². The molecule has 0 aliphatic carbocycles. The van der Waals surface area contributed by atoms with E-state index in [0.29, 0.717) is 35.9 Å². The fraction of sp³-hybridized carbons (Fsp3) is 0.227. The number of carbonyl (C=O) groups excluding carboxylic acids is 2. The van der Waals surface area contributed by atoms with Crippen LogP contribution in [0.5, 0.6) is 0 Å². The van der Waals surface area contributed by atoms with Crippen molar-refractivity contribution >= 4 is 46.0 Å². The van der Waals surface area contributed by atoms with Crippen LogP contribution in [0.4, 0.5) is 27.5 Å². The molecular weight excluding hydrogens is 412 g/mol. The van der Waals surface area contributed by atoms with Gasteiger partial charge in [0.25, 0.3) is 5.91 Å². The molecule has 2 heterocycles. The summed E-state index contributed by atoms with van der Waals surface area (Å²) in [7, 11) is 3.91. The lowest BCUT2D eigenvalue weighted by molar-refractivity contribution is 0.102. The number of fused-ring (bicyclic) bond motifs is 1. The number of nitrogens with zero attached hydrogens (tertiary/aromatic N) is 3. The quantitative estimate of drug-likeness (QED) is 0.542. The van der Waals surface area contributed by atoms with E-state index in [1.165, 1.54) is 11.3 Å². The lowest BCUT2D eigenvalue weighted by atomic mass is 10.2. The molecule has 4 rings (SSSR count). The molecule has 0 radical (unpaired) electrons. The number of aromatic nitrogens is 1. The number of anilines is 4. The molecule has 3 amide bonds. The molecule has 31 heavy (non-hydrogen) atoms. The number of thiazole rings is 1. The zero-order valence-corrected chi connectivity index (χ0v) is 18.2. The number of nitrogen functional groups attached to an aromatic ring is 1. The number of urea groups is 1. The number of amides is 3. The average Bonchev–Trinajstić information content (AvgIpc) is 3.19. The number of hydrogen-bond donors (Lipinski definition) is 3. The molecule has 0 spiro atoms. The van der Waals surface area contributed by atoms with Crippen molar-refractivity contribution < 1.29 is 9.59 Å². The summed E-state index contributed by atoms with van der Waals surface area (Å²) in [4.78, 5) is 34.5. The van der Waals surface area contributed by atoms with E-state index in [1.807, 2.05) is 55.4 Å². The highest BCUT2D eigenvalue weighted by molar-refractivity contribution is 7.13. The molecule has 3 aromatic rings. The number of nitrogens with two attached hydrogens (primary N) is 1. The van der Waals surface area contributed by atoms with Crippen molar-refractivity contribution in [2.45, 2.75) is 13.0 Å². The Labute approximate surface area is 184 Å². The van der Waals surface area contributed by atoms with Gasteiger partial charge in [-0.15, -0.1) is 11.3 Å². The van der Waals surface area contributed by atoms with Gasteiger partial charge in [0.2, 0.25) is 0 Å². The van der Waals surface area contributed by atoms with Crippen LogP contribution in [0.2, 0.25) is 0 Å². The Morgan fingerprint density at radius 3 is 2.71 bits per heavy atom. The standard InChI is InChI=1S/C22H24N6O2S/c1-27(2)15-7-5-6-14(12-15)24-22(30)28-11-10-18-19(13-28)31-21(26-18)20(29)25-17-9-4-3-8-16(17)23/h3-9,12H,10-11,13,23H2,1-2H3,(H,24,30)(H,25,29). The zero-order chi connectivity index (χ0) is 22.0. The number of rotatable bonds is 4. The molecule has 160 valence electrons. The summed E-state index contributed by atoms with van der Waals surface area (Å²) in [6.07, 6.45) is 0.609. The Bertz CT molecular complexity index is 1130. The summed E-state index contributed by atoms with van der Waals surface area (Å²) in [5.41, 5.74) is 9.58. The molecule has 2 aromatic carbocycles. The van der Waals surface area contributed by atoms with Crippen LogP contribution in [-0.4, -0.2) is 42.5 Å². The lowest BCUT2D eigenvalue weighted by Crippen LogP contribution is -2.38. The number of nitrogens with one attached hydrogen (secondary N) is 2. The van der Waals surface area contributed by atoms with Crippen LogP contribution in [-0.2, 0) is 13.0 Å². The molecule has 0 fully saturated rings. The number of benzene rings is 2. The first kappa shape index (κ1) is 20.7. The summed E-state index contributed by atoms with van der Waals surface area (Å²) in [6.45, 7) is 0.968. The van der Waals surface area contributed by atoms with E-state index < -0.39 is 0 Å². The predicted octanol–water partition coefficient (Wildman–Crippen LogP) is 3.63. The van der Waals surface area contributed by atoms with Gasteiger partial charge >= 0.3 is 6.03 Å². The Morgan fingerprint density at radius 2 is 1.94 bits per heavy atom. The fourth-order valence-corrected chi connectivity index (χ4v) is 4.34. The van der Waals surface area contributed by atoms with Gasteiger partial charge in [-0.1, -0.05) is 18.2 Å². The molecule has 0 unspecified atom stereocenters. The molecule has 1 aromatic heterocycles. The number of carbonyl (C=O) groups is 2. The largest absolute Gasteiger partial charge is 0.397 e. The summed E-state index contributed by atoms with van der Waals surface area (Å²) in [6, 6.07) is 14.6. The summed E-state index contributed by atoms with van der Waals surface area (Å²) >= 11 is 1.31. The third kappa shape index (κ3) is 4.61. The molecule has 9 heteroatoms. The summed E-state index contributed by atoms with van der Waals surface area (Å²) < 4.78 is 0. The zero-order valence-electron chi connectivity index (χ0n) is 17.4. The van der Waals surface area contributed by atoms with Crippen molar-refractivity contribution in [2.75, 3.05) is 41.9 Å². The van der Waals surface area contributed by atoms with Crippen LogP contribution in [0.15, 0.2) is 48.5 Å². The van der Waals surface area contributed by atoms with Crippen LogP contribution in [0.25, 0.3) is 0 Å². The van der Waals surface area contributed by atoms with Gasteiger partial charge in [0.05, 0.1) is 23.6 Å². The second-order valence-corrected chi connectivity index (χ2v) is 8.56. The van der Waals surface area contributed by atoms with E-state index in [-0.39, 0.29) is 11.9 Å². The predicted molar refractivity (Wildman–Crippen MR) is 125 cm³/mol. The Morgan fingerprint density at radius 1 is 1.13 bits per heavy atom. The van der Waals surface area contributed by atoms with Gasteiger partial charge in [-0.05, 0) is 30.3 Å². The molecule has 1 aliphatic rings. The monoisotopic (exact) mass is 436 g/mol. The molecule has 0 saturated carbocycles. The third-order valence-electron chi connectivity index (χ3n) is 5.04. The second kappa shape index (κ2) is 8.65. The Hall–Kier alpha value is -3.59. The maximum atomic E-state index is 12.8. The van der Waals surface area contributed by atoms with Gasteiger partial charge in [0.1, 0.15) is 0 Å². The molecule has 4 N–H and O–H groups in total. The summed E-state index contributed by atoms with van der Waals surface area (Å²) in [5, 5.41) is 6.13. The second-order valence-electron chi connectivity index (χ2n) is 7.48. The Kier molecular flexibility index (Phi) is 5.77. The van der Waals surface area contributed by atoms with Crippen LogP contribution in [0, 0.1) is 0 Å². The van der Waals surface area contributed by atoms with E-state index in [0.717, 1.165) is 21.9 Å². The Balaban J connectivity index is 1.42. The van der Waals surface area contributed by atoms with Crippen molar-refractivity contribution in [3.05, 3.63) is 64.1 Å². The summed E-state index contributed by atoms with van der Waals surface area (Å²) in [5.74, 6) is -0.297. The lowest BCUT2D eigenvalue weighted by Gasteiger charge is -2.26. The maximum absolute atomic E-state index is 12.8. The average molecular weight is 437 g/mol. The van der Waals surface area contributed by atoms with E-state index >= 15 is 0 Å².